The van der Waals surface area contributed by atoms with Crippen LogP contribution in [0.25, 0.3) is 0 Å². The van der Waals surface area contributed by atoms with E-state index in [1.165, 1.54) is 18.2 Å². The first kappa shape index (κ1) is 15.7. The molecule has 21 heavy (non-hydrogen) atoms. The fourth-order valence-electron chi connectivity index (χ4n) is 2.27. The molecule has 0 aromatic heterocycles. The molecule has 7 heteroatoms. The van der Waals surface area contributed by atoms with Crippen molar-refractivity contribution in [1.82, 2.24) is 4.31 Å². The first-order chi connectivity index (χ1) is 9.91. The summed E-state index contributed by atoms with van der Waals surface area (Å²) in [5.74, 6) is -0.515. The fourth-order valence-corrected chi connectivity index (χ4v) is 3.71. The molecule has 1 unspecified atom stereocenters. The number of rotatable bonds is 6. The summed E-state index contributed by atoms with van der Waals surface area (Å²) >= 11 is 0. The third-order valence-electron chi connectivity index (χ3n) is 3.46. The van der Waals surface area contributed by atoms with Crippen molar-refractivity contribution < 1.29 is 18.3 Å². The van der Waals surface area contributed by atoms with Gasteiger partial charge in [0, 0.05) is 18.8 Å². The second-order valence-electron chi connectivity index (χ2n) is 4.84. The van der Waals surface area contributed by atoms with Crippen LogP contribution in [0.1, 0.15) is 18.4 Å². The Bertz CT molecular complexity index is 670. The Morgan fingerprint density at radius 1 is 1.48 bits per heavy atom. The van der Waals surface area contributed by atoms with Gasteiger partial charge in [0.15, 0.2) is 0 Å². The molecule has 1 heterocycles. The molecule has 0 aliphatic carbocycles. The Balaban J connectivity index is 2.42. The molecule has 1 aliphatic heterocycles. The molecule has 2 N–H and O–H groups in total. The number of benzene rings is 1. The smallest absolute Gasteiger partial charge is 0.243 e. The van der Waals surface area contributed by atoms with Crippen LogP contribution in [0.5, 0.6) is 0 Å². The number of aliphatic hydroxyl groups excluding tert-OH is 1. The van der Waals surface area contributed by atoms with Crippen molar-refractivity contribution in [3.05, 3.63) is 36.4 Å². The molecule has 114 valence electrons. The Morgan fingerprint density at radius 2 is 2.19 bits per heavy atom. The van der Waals surface area contributed by atoms with Gasteiger partial charge in [-0.25, -0.2) is 8.42 Å². The average Bonchev–Trinajstić information content (AvgIpc) is 2.73. The van der Waals surface area contributed by atoms with Crippen LogP contribution in [-0.4, -0.2) is 43.4 Å². The highest BCUT2D eigenvalue weighted by molar-refractivity contribution is 7.89. The molecule has 1 amide bonds. The van der Waals surface area contributed by atoms with Crippen LogP contribution in [0, 0.1) is 0 Å². The summed E-state index contributed by atoms with van der Waals surface area (Å²) < 4.78 is 26.3. The number of amides is 1. The number of hydrogen-bond acceptors (Lipinski definition) is 4. The van der Waals surface area contributed by atoms with Crippen LogP contribution in [0.15, 0.2) is 35.7 Å². The highest BCUT2D eigenvalue weighted by atomic mass is 32.2. The van der Waals surface area contributed by atoms with Crippen LogP contribution in [0.4, 0.5) is 5.69 Å². The van der Waals surface area contributed by atoms with Gasteiger partial charge < -0.3 is 10.4 Å². The number of sulfonamides is 1. The molecule has 1 atom stereocenters. The minimum Gasteiger partial charge on any atom is -0.395 e. The van der Waals surface area contributed by atoms with E-state index in [0.29, 0.717) is 11.3 Å². The van der Waals surface area contributed by atoms with Crippen molar-refractivity contribution in [3.63, 3.8) is 0 Å². The quantitative estimate of drug-likeness (QED) is 0.765. The van der Waals surface area contributed by atoms with Gasteiger partial charge in [0.05, 0.1) is 17.4 Å². The van der Waals surface area contributed by atoms with Crippen molar-refractivity contribution in [2.75, 3.05) is 25.0 Å². The zero-order valence-electron chi connectivity index (χ0n) is 11.7. The van der Waals surface area contributed by atoms with Crippen molar-refractivity contribution in [1.29, 1.82) is 0 Å². The monoisotopic (exact) mass is 310 g/mol. The predicted molar refractivity (Wildman–Crippen MR) is 79.5 cm³/mol. The molecule has 0 saturated heterocycles. The van der Waals surface area contributed by atoms with Crippen LogP contribution >= 0.6 is 0 Å². The first-order valence-corrected chi connectivity index (χ1v) is 8.02. The molecule has 0 fully saturated rings. The number of fused-ring (bicyclic) bond motifs is 1. The number of carbonyl (C=O) groups excluding carboxylic acids is 1. The van der Waals surface area contributed by atoms with E-state index in [0.717, 1.165) is 4.31 Å². The van der Waals surface area contributed by atoms with E-state index in [4.69, 9.17) is 5.11 Å². The maximum absolute atomic E-state index is 12.6. The fraction of sp³-hybridized carbons (Fsp3) is 0.357. The molecule has 0 saturated carbocycles. The van der Waals surface area contributed by atoms with Gasteiger partial charge in [-0.3, -0.25) is 4.79 Å². The number of hydrogen-bond donors (Lipinski definition) is 2. The van der Waals surface area contributed by atoms with Gasteiger partial charge in [0.2, 0.25) is 15.9 Å². The van der Waals surface area contributed by atoms with E-state index >= 15 is 0 Å². The lowest BCUT2D eigenvalue weighted by molar-refractivity contribution is -0.116. The number of aliphatic hydroxyl groups is 1. The van der Waals surface area contributed by atoms with Gasteiger partial charge in [-0.05, 0) is 30.7 Å². The minimum atomic E-state index is -3.72. The molecule has 0 radical (unpaired) electrons. The highest BCUT2D eigenvalue weighted by Crippen LogP contribution is 2.34. The van der Waals surface area contributed by atoms with Gasteiger partial charge in [-0.15, -0.1) is 6.58 Å². The standard InChI is InChI=1S/C14H18N2O4S/c1-3-6-16(7-8-17)21(19,20)11-4-5-13-12(9-11)10(2)14(18)15-13/h3-5,9-10,17H,1,6-8H2,2H3,(H,15,18). The summed E-state index contributed by atoms with van der Waals surface area (Å²) in [6.45, 7) is 5.10. The van der Waals surface area contributed by atoms with Gasteiger partial charge in [0.25, 0.3) is 0 Å². The summed E-state index contributed by atoms with van der Waals surface area (Å²) in [6.07, 6.45) is 1.47. The van der Waals surface area contributed by atoms with Crippen molar-refractivity contribution in [2.24, 2.45) is 0 Å². The molecule has 1 aromatic rings. The van der Waals surface area contributed by atoms with Gasteiger partial charge >= 0.3 is 0 Å². The summed E-state index contributed by atoms with van der Waals surface area (Å²) in [4.78, 5) is 11.7. The van der Waals surface area contributed by atoms with E-state index in [2.05, 4.69) is 11.9 Å². The lowest BCUT2D eigenvalue weighted by Crippen LogP contribution is -2.33. The Kier molecular flexibility index (Phi) is 4.46. The Hall–Kier alpha value is -1.70. The SMILES string of the molecule is C=CCN(CCO)S(=O)(=O)c1ccc2c(c1)C(C)C(=O)N2. The van der Waals surface area contributed by atoms with E-state index in [1.54, 1.807) is 13.0 Å². The normalized spacial score (nSPS) is 17.7. The minimum absolute atomic E-state index is 0.00181. The van der Waals surface area contributed by atoms with Crippen LogP contribution in [-0.2, 0) is 14.8 Å². The molecular formula is C14H18N2O4S. The largest absolute Gasteiger partial charge is 0.395 e. The van der Waals surface area contributed by atoms with Crippen LogP contribution in [0.2, 0.25) is 0 Å². The summed E-state index contributed by atoms with van der Waals surface area (Å²) in [7, 11) is -3.72. The zero-order valence-corrected chi connectivity index (χ0v) is 12.6. The molecule has 6 nitrogen and oxygen atoms in total. The molecule has 2 rings (SSSR count). The van der Waals surface area contributed by atoms with E-state index in [9.17, 15) is 13.2 Å². The molecular weight excluding hydrogens is 292 g/mol. The lowest BCUT2D eigenvalue weighted by atomic mass is 10.0. The average molecular weight is 310 g/mol. The van der Waals surface area contributed by atoms with Crippen LogP contribution < -0.4 is 5.32 Å². The van der Waals surface area contributed by atoms with Crippen molar-refractivity contribution >= 4 is 21.6 Å². The van der Waals surface area contributed by atoms with E-state index < -0.39 is 10.0 Å². The lowest BCUT2D eigenvalue weighted by Gasteiger charge is -2.20. The molecule has 1 aliphatic rings. The number of nitrogens with one attached hydrogen (secondary N) is 1. The predicted octanol–water partition coefficient (Wildman–Crippen LogP) is 0.911. The molecule has 0 spiro atoms. The third kappa shape index (κ3) is 2.85. The second kappa shape index (κ2) is 5.97. The maximum atomic E-state index is 12.6. The first-order valence-electron chi connectivity index (χ1n) is 6.58. The number of carbonyl (C=O) groups is 1. The van der Waals surface area contributed by atoms with Gasteiger partial charge in [-0.1, -0.05) is 6.08 Å². The number of nitrogens with zero attached hydrogens (tertiary/aromatic N) is 1. The Labute approximate surface area is 124 Å². The maximum Gasteiger partial charge on any atom is 0.243 e. The number of anilines is 1. The summed E-state index contributed by atoms with van der Waals surface area (Å²) in [6, 6.07) is 4.56. The molecule has 1 aromatic carbocycles. The topological polar surface area (TPSA) is 86.7 Å². The van der Waals surface area contributed by atoms with E-state index in [1.807, 2.05) is 0 Å². The third-order valence-corrected chi connectivity index (χ3v) is 5.32. The van der Waals surface area contributed by atoms with Crippen LogP contribution in [0.3, 0.4) is 0 Å². The molecule has 0 bridgehead atoms. The van der Waals surface area contributed by atoms with Gasteiger partial charge in [0.1, 0.15) is 0 Å². The summed E-state index contributed by atoms with van der Waals surface area (Å²) in [5.41, 5.74) is 1.31. The zero-order chi connectivity index (χ0) is 15.6. The van der Waals surface area contributed by atoms with Gasteiger partial charge in [-0.2, -0.15) is 4.31 Å². The van der Waals surface area contributed by atoms with Crippen molar-refractivity contribution in [2.45, 2.75) is 17.7 Å². The summed E-state index contributed by atoms with van der Waals surface area (Å²) in [5, 5.41) is 11.7. The highest BCUT2D eigenvalue weighted by Gasteiger charge is 2.30. The van der Waals surface area contributed by atoms with Crippen molar-refractivity contribution in [3.8, 4) is 0 Å². The Morgan fingerprint density at radius 3 is 2.81 bits per heavy atom. The van der Waals surface area contributed by atoms with E-state index in [-0.39, 0.29) is 36.4 Å². The second-order valence-corrected chi connectivity index (χ2v) is 6.77.